The number of nitrogens with zero attached hydrogens (tertiary/aromatic N) is 4. The lowest BCUT2D eigenvalue weighted by Gasteiger charge is -2.16. The van der Waals surface area contributed by atoms with Gasteiger partial charge in [-0.05, 0) is 42.6 Å². The molecule has 0 saturated heterocycles. The number of benzene rings is 1. The number of thioether (sulfide) groups is 1. The van der Waals surface area contributed by atoms with E-state index in [0.717, 1.165) is 22.1 Å². The molecule has 3 aromatic heterocycles. The maximum Gasteiger partial charge on any atom is 0.233 e. The molecule has 0 N–H and O–H groups in total. The number of carbonyl (C=O) groups excluding carboxylic acids is 1. The number of hydrogen-bond donors (Lipinski definition) is 0. The summed E-state index contributed by atoms with van der Waals surface area (Å²) in [5.41, 5.74) is 0.827. The molecule has 0 aliphatic carbocycles. The molecule has 4 rings (SSSR count). The summed E-state index contributed by atoms with van der Waals surface area (Å²) in [6.07, 6.45) is 0. The Morgan fingerprint density at radius 3 is 2.74 bits per heavy atom. The predicted octanol–water partition coefficient (Wildman–Crippen LogP) is 4.66. The maximum absolute atomic E-state index is 12.7. The Bertz CT molecular complexity index is 1170. The molecule has 0 radical (unpaired) electrons. The second-order valence-electron chi connectivity index (χ2n) is 6.84. The van der Waals surface area contributed by atoms with E-state index >= 15 is 0 Å². The van der Waals surface area contributed by atoms with Gasteiger partial charge in [0, 0.05) is 7.05 Å². The van der Waals surface area contributed by atoms with E-state index in [9.17, 15) is 4.79 Å². The molecule has 160 valence electrons. The first kappa shape index (κ1) is 21.2. The summed E-state index contributed by atoms with van der Waals surface area (Å²) in [7, 11) is 3.40. The van der Waals surface area contributed by atoms with Crippen molar-refractivity contribution in [1.82, 2.24) is 19.7 Å². The first-order valence-electron chi connectivity index (χ1n) is 9.61. The first-order chi connectivity index (χ1) is 15.1. The second-order valence-corrected chi connectivity index (χ2v) is 8.73. The molecular weight excluding hydrogens is 432 g/mol. The van der Waals surface area contributed by atoms with Gasteiger partial charge >= 0.3 is 0 Å². The fraction of sp³-hybridized carbons (Fsp3) is 0.227. The van der Waals surface area contributed by atoms with Crippen LogP contribution in [-0.2, 0) is 11.3 Å². The van der Waals surface area contributed by atoms with E-state index in [1.54, 1.807) is 30.4 Å². The standard InChI is InChI=1S/C22H22N4O3S2/c1-15-10-11-16(29-15)13-25(2)20(27)14-31-22-24-23-21(19-9-6-12-30-19)26(22)17-7-4-5-8-18(17)28-3/h4-12H,13-14H2,1-3H3. The highest BCUT2D eigenvalue weighted by atomic mass is 32.2. The maximum atomic E-state index is 12.7. The fourth-order valence-electron chi connectivity index (χ4n) is 3.09. The molecule has 0 bridgehead atoms. The fourth-order valence-corrected chi connectivity index (χ4v) is 4.67. The van der Waals surface area contributed by atoms with Crippen LogP contribution in [0.25, 0.3) is 16.4 Å². The van der Waals surface area contributed by atoms with Gasteiger partial charge < -0.3 is 14.1 Å². The van der Waals surface area contributed by atoms with Crippen molar-refractivity contribution in [3.05, 3.63) is 65.4 Å². The average molecular weight is 455 g/mol. The smallest absolute Gasteiger partial charge is 0.233 e. The van der Waals surface area contributed by atoms with Crippen LogP contribution in [-0.4, -0.2) is 45.5 Å². The molecule has 31 heavy (non-hydrogen) atoms. The molecule has 0 spiro atoms. The van der Waals surface area contributed by atoms with Gasteiger partial charge in [0.1, 0.15) is 17.3 Å². The number of carbonyl (C=O) groups is 1. The van der Waals surface area contributed by atoms with E-state index in [2.05, 4.69) is 10.2 Å². The summed E-state index contributed by atoms with van der Waals surface area (Å²) in [5, 5.41) is 11.4. The number of rotatable bonds is 8. The topological polar surface area (TPSA) is 73.4 Å². The normalized spacial score (nSPS) is 10.9. The van der Waals surface area contributed by atoms with Crippen molar-refractivity contribution >= 4 is 29.0 Å². The van der Waals surface area contributed by atoms with Gasteiger partial charge in [0.2, 0.25) is 5.91 Å². The number of para-hydroxylation sites is 2. The number of amides is 1. The van der Waals surface area contributed by atoms with Crippen LogP contribution in [0.2, 0.25) is 0 Å². The van der Waals surface area contributed by atoms with Gasteiger partial charge in [0.15, 0.2) is 11.0 Å². The Labute approximate surface area is 188 Å². The number of aromatic nitrogens is 3. The molecule has 1 amide bonds. The number of thiophene rings is 1. The van der Waals surface area contributed by atoms with Crippen LogP contribution in [0.4, 0.5) is 0 Å². The van der Waals surface area contributed by atoms with Gasteiger partial charge in [-0.2, -0.15) is 0 Å². The van der Waals surface area contributed by atoms with E-state index in [1.807, 2.05) is 65.4 Å². The Hall–Kier alpha value is -3.04. The van der Waals surface area contributed by atoms with Gasteiger partial charge in [-0.25, -0.2) is 0 Å². The molecule has 4 aromatic rings. The quantitative estimate of drug-likeness (QED) is 0.361. The molecule has 0 aliphatic heterocycles. The van der Waals surface area contributed by atoms with Crippen molar-refractivity contribution in [3.8, 4) is 22.1 Å². The third kappa shape index (κ3) is 4.67. The van der Waals surface area contributed by atoms with Crippen LogP contribution in [0.1, 0.15) is 11.5 Å². The van der Waals surface area contributed by atoms with Gasteiger partial charge in [-0.3, -0.25) is 9.36 Å². The van der Waals surface area contributed by atoms with Crippen LogP contribution >= 0.6 is 23.1 Å². The van der Waals surface area contributed by atoms with Gasteiger partial charge in [-0.15, -0.1) is 21.5 Å². The predicted molar refractivity (Wildman–Crippen MR) is 122 cm³/mol. The summed E-state index contributed by atoms with van der Waals surface area (Å²) in [5.74, 6) is 3.22. The summed E-state index contributed by atoms with van der Waals surface area (Å²) < 4.78 is 13.1. The Morgan fingerprint density at radius 2 is 2.03 bits per heavy atom. The van der Waals surface area contributed by atoms with E-state index in [-0.39, 0.29) is 11.7 Å². The van der Waals surface area contributed by atoms with Gasteiger partial charge in [-0.1, -0.05) is 30.0 Å². The highest BCUT2D eigenvalue weighted by Crippen LogP contribution is 2.34. The lowest BCUT2D eigenvalue weighted by atomic mass is 10.3. The van der Waals surface area contributed by atoms with E-state index in [4.69, 9.17) is 9.15 Å². The lowest BCUT2D eigenvalue weighted by Crippen LogP contribution is -2.27. The van der Waals surface area contributed by atoms with Crippen molar-refractivity contribution in [3.63, 3.8) is 0 Å². The molecule has 0 aliphatic rings. The van der Waals surface area contributed by atoms with Crippen molar-refractivity contribution < 1.29 is 13.9 Å². The Morgan fingerprint density at radius 1 is 1.19 bits per heavy atom. The molecule has 9 heteroatoms. The average Bonchev–Trinajstić information content (AvgIpc) is 3.52. The van der Waals surface area contributed by atoms with Crippen LogP contribution in [0.5, 0.6) is 5.75 Å². The minimum atomic E-state index is -0.0219. The zero-order valence-electron chi connectivity index (χ0n) is 17.4. The molecule has 1 aromatic carbocycles. The summed E-state index contributed by atoms with van der Waals surface area (Å²) in [4.78, 5) is 15.4. The van der Waals surface area contributed by atoms with E-state index in [1.165, 1.54) is 11.8 Å². The van der Waals surface area contributed by atoms with Crippen molar-refractivity contribution in [1.29, 1.82) is 0 Å². The molecule has 0 fully saturated rings. The highest BCUT2D eigenvalue weighted by molar-refractivity contribution is 7.99. The molecule has 0 unspecified atom stereocenters. The van der Waals surface area contributed by atoms with Crippen LogP contribution < -0.4 is 4.74 Å². The largest absolute Gasteiger partial charge is 0.495 e. The molecule has 0 atom stereocenters. The zero-order valence-corrected chi connectivity index (χ0v) is 19.1. The number of aryl methyl sites for hydroxylation is 1. The summed E-state index contributed by atoms with van der Waals surface area (Å²) >= 11 is 2.93. The number of hydrogen-bond acceptors (Lipinski definition) is 7. The minimum absolute atomic E-state index is 0.0219. The molecule has 0 saturated carbocycles. The third-order valence-electron chi connectivity index (χ3n) is 4.64. The third-order valence-corrected chi connectivity index (χ3v) is 6.42. The number of furan rings is 1. The Balaban J connectivity index is 1.58. The van der Waals surface area contributed by atoms with Crippen LogP contribution in [0.3, 0.4) is 0 Å². The van der Waals surface area contributed by atoms with Gasteiger partial charge in [0.05, 0.1) is 30.0 Å². The van der Waals surface area contributed by atoms with Crippen molar-refractivity contribution in [2.75, 3.05) is 19.9 Å². The minimum Gasteiger partial charge on any atom is -0.495 e. The van der Waals surface area contributed by atoms with Crippen molar-refractivity contribution in [2.45, 2.75) is 18.6 Å². The summed E-state index contributed by atoms with van der Waals surface area (Å²) in [6, 6.07) is 15.5. The van der Waals surface area contributed by atoms with Gasteiger partial charge in [0.25, 0.3) is 0 Å². The second kappa shape index (κ2) is 9.40. The zero-order chi connectivity index (χ0) is 21.8. The SMILES string of the molecule is COc1ccccc1-n1c(SCC(=O)N(C)Cc2ccc(C)o2)nnc1-c1cccs1. The van der Waals surface area contributed by atoms with Crippen molar-refractivity contribution in [2.24, 2.45) is 0 Å². The molecular formula is C22H22N4O3S2. The number of methoxy groups -OCH3 is 1. The first-order valence-corrected chi connectivity index (χ1v) is 11.5. The number of ether oxygens (including phenoxy) is 1. The highest BCUT2D eigenvalue weighted by Gasteiger charge is 2.21. The van der Waals surface area contributed by atoms with E-state index in [0.29, 0.717) is 23.3 Å². The monoisotopic (exact) mass is 454 g/mol. The van der Waals surface area contributed by atoms with Crippen LogP contribution in [0, 0.1) is 6.92 Å². The molecule has 7 nitrogen and oxygen atoms in total. The summed E-state index contributed by atoms with van der Waals surface area (Å²) in [6.45, 7) is 2.31. The lowest BCUT2D eigenvalue weighted by molar-refractivity contribution is -0.127. The van der Waals surface area contributed by atoms with Crippen LogP contribution in [0.15, 0.2) is 63.5 Å². The van der Waals surface area contributed by atoms with E-state index < -0.39 is 0 Å². The molecule has 3 heterocycles. The Kier molecular flexibility index (Phi) is 6.43.